The molecule has 0 fully saturated rings. The highest BCUT2D eigenvalue weighted by molar-refractivity contribution is 8.05. The van der Waals surface area contributed by atoms with E-state index < -0.39 is 40.0 Å². The minimum Gasteiger partial charge on any atom is -0.382 e. The van der Waals surface area contributed by atoms with Gasteiger partial charge in [-0.3, -0.25) is 9.59 Å². The van der Waals surface area contributed by atoms with Crippen LogP contribution in [0.1, 0.15) is 23.0 Å². The van der Waals surface area contributed by atoms with Crippen molar-refractivity contribution in [3.05, 3.63) is 51.0 Å². The van der Waals surface area contributed by atoms with Crippen LogP contribution in [0, 0.1) is 0 Å². The summed E-state index contributed by atoms with van der Waals surface area (Å²) in [4.78, 5) is 37.1. The molecule has 0 bridgehead atoms. The molecule has 32 heavy (non-hydrogen) atoms. The summed E-state index contributed by atoms with van der Waals surface area (Å²) in [7, 11) is 0. The number of thioether (sulfide) groups is 1. The van der Waals surface area contributed by atoms with Gasteiger partial charge in [0.15, 0.2) is 5.69 Å². The number of carbonyl (C=O) groups is 2. The van der Waals surface area contributed by atoms with Crippen LogP contribution in [0.2, 0.25) is 10.0 Å². The van der Waals surface area contributed by atoms with Crippen LogP contribution >= 0.6 is 35.0 Å². The number of nitrogens with one attached hydrogen (secondary N) is 1. The fraction of sp³-hybridized carbons (Fsp3) is 0.235. The molecule has 2 aromatic heterocycles. The fourth-order valence-corrected chi connectivity index (χ4v) is 4.25. The lowest BCUT2D eigenvalue weighted by atomic mass is 10.2. The second kappa shape index (κ2) is 9.00. The van der Waals surface area contributed by atoms with Crippen molar-refractivity contribution in [1.29, 1.82) is 0 Å². The third-order valence-corrected chi connectivity index (χ3v) is 6.36. The molecule has 15 heteroatoms. The number of carbonyl (C=O) groups excluding carboxylic acids is 2. The quantitative estimate of drug-likeness (QED) is 0.560. The van der Waals surface area contributed by atoms with Gasteiger partial charge in [0.25, 0.3) is 11.8 Å². The molecule has 1 unspecified atom stereocenters. The predicted molar refractivity (Wildman–Crippen MR) is 114 cm³/mol. The van der Waals surface area contributed by atoms with E-state index in [0.29, 0.717) is 0 Å². The zero-order valence-corrected chi connectivity index (χ0v) is 18.4. The van der Waals surface area contributed by atoms with Gasteiger partial charge in [0.05, 0.1) is 21.5 Å². The normalized spacial score (nSPS) is 17.1. The van der Waals surface area contributed by atoms with Crippen molar-refractivity contribution in [3.8, 4) is 0 Å². The lowest BCUT2D eigenvalue weighted by Gasteiger charge is -2.29. The van der Waals surface area contributed by atoms with E-state index >= 15 is 0 Å². The number of nitrogen functional groups attached to an aromatic ring is 1. The smallest absolute Gasteiger partial charge is 0.382 e. The molecule has 0 radical (unpaired) electrons. The number of nitrogens with two attached hydrogens (primary N) is 2. The summed E-state index contributed by atoms with van der Waals surface area (Å²) in [6.07, 6.45) is -1.56. The second-order valence-corrected chi connectivity index (χ2v) is 8.42. The number of hydrogen-bond donors (Lipinski definition) is 3. The number of nitrogens with zero attached hydrogens (tertiary/aromatic N) is 4. The molecule has 3 rings (SSSR count). The minimum atomic E-state index is -4.73. The van der Waals surface area contributed by atoms with E-state index in [9.17, 15) is 22.8 Å². The Balaban J connectivity index is 1.92. The molecule has 0 saturated heterocycles. The van der Waals surface area contributed by atoms with Crippen molar-refractivity contribution >= 4 is 58.4 Å². The van der Waals surface area contributed by atoms with Gasteiger partial charge in [-0.15, -0.1) is 0 Å². The Kier molecular flexibility index (Phi) is 6.72. The third kappa shape index (κ3) is 4.84. The van der Waals surface area contributed by atoms with Crippen molar-refractivity contribution in [2.45, 2.75) is 24.5 Å². The first-order valence-electron chi connectivity index (χ1n) is 8.66. The Morgan fingerprint density at radius 1 is 1.28 bits per heavy atom. The van der Waals surface area contributed by atoms with Crippen LogP contribution < -0.4 is 21.7 Å². The molecule has 3 heterocycles. The average Bonchev–Trinajstić information content (AvgIpc) is 3.15. The molecule has 0 spiro atoms. The SMILES string of the molecule is C[C@@H](NC(=O)c1ncnc(N)c1Cl)C1SC(C(N)=O)=CN1c1cc(C(F)(F)F)c(Cl)cn1. The zero-order chi connectivity index (χ0) is 23.8. The molecule has 9 nitrogen and oxygen atoms in total. The largest absolute Gasteiger partial charge is 0.418 e. The van der Waals surface area contributed by atoms with E-state index in [-0.39, 0.29) is 27.3 Å². The average molecular weight is 508 g/mol. The highest BCUT2D eigenvalue weighted by Gasteiger charge is 2.38. The van der Waals surface area contributed by atoms with E-state index in [0.717, 1.165) is 30.4 Å². The Morgan fingerprint density at radius 2 is 1.97 bits per heavy atom. The monoisotopic (exact) mass is 507 g/mol. The lowest BCUT2D eigenvalue weighted by Crippen LogP contribution is -2.46. The molecule has 2 atom stereocenters. The summed E-state index contributed by atoms with van der Waals surface area (Å²) in [5, 5.41) is 1.11. The van der Waals surface area contributed by atoms with E-state index in [1.807, 2.05) is 0 Å². The van der Waals surface area contributed by atoms with E-state index in [1.54, 1.807) is 6.92 Å². The Morgan fingerprint density at radius 3 is 2.59 bits per heavy atom. The van der Waals surface area contributed by atoms with Crippen molar-refractivity contribution in [3.63, 3.8) is 0 Å². The first kappa shape index (κ1) is 23.9. The van der Waals surface area contributed by atoms with Gasteiger partial charge in [0.1, 0.15) is 28.4 Å². The summed E-state index contributed by atoms with van der Waals surface area (Å²) in [5.41, 5.74) is 9.63. The molecule has 0 saturated carbocycles. The number of rotatable bonds is 5. The maximum atomic E-state index is 13.3. The van der Waals surface area contributed by atoms with Gasteiger partial charge in [-0.2, -0.15) is 13.2 Å². The molecule has 2 aromatic rings. The maximum Gasteiger partial charge on any atom is 0.418 e. The number of halogens is 5. The Labute approximate surface area is 193 Å². The lowest BCUT2D eigenvalue weighted by molar-refractivity contribution is -0.137. The highest BCUT2D eigenvalue weighted by atomic mass is 35.5. The highest BCUT2D eigenvalue weighted by Crippen LogP contribution is 2.41. The molecule has 5 N–H and O–H groups in total. The standard InChI is InChI=1S/C17H14Cl2F3N7O2S/c1-6(28-15(31)12-11(19)13(23)27-5-26-12)16-29(4-9(32-16)14(24)30)10-2-7(17(20,21)22)8(18)3-25-10/h2-6,16H,1H3,(H2,24,30)(H,28,31)(H2,23,26,27)/t6-,16?/m1/s1. The Bertz CT molecular complexity index is 1120. The number of anilines is 2. The maximum absolute atomic E-state index is 13.3. The van der Waals surface area contributed by atoms with Gasteiger partial charge < -0.3 is 21.7 Å². The molecular formula is C17H14Cl2F3N7O2S. The van der Waals surface area contributed by atoms with E-state index in [1.165, 1.54) is 11.1 Å². The summed E-state index contributed by atoms with van der Waals surface area (Å²) < 4.78 is 39.9. The van der Waals surface area contributed by atoms with Crippen LogP contribution in [0.25, 0.3) is 0 Å². The third-order valence-electron chi connectivity index (χ3n) is 4.25. The van der Waals surface area contributed by atoms with Crippen LogP contribution in [0.3, 0.4) is 0 Å². The Hall–Kier alpha value is -2.77. The number of aromatic nitrogens is 3. The molecule has 0 aliphatic carbocycles. The van der Waals surface area contributed by atoms with Crippen molar-refractivity contribution < 1.29 is 22.8 Å². The molecule has 170 valence electrons. The minimum absolute atomic E-state index is 0.0609. The second-order valence-electron chi connectivity index (χ2n) is 6.48. The number of hydrogen-bond acceptors (Lipinski definition) is 8. The molecule has 1 aliphatic heterocycles. The zero-order valence-electron chi connectivity index (χ0n) is 16.0. The van der Waals surface area contributed by atoms with Crippen LogP contribution in [0.5, 0.6) is 0 Å². The van der Waals surface area contributed by atoms with Gasteiger partial charge in [0.2, 0.25) is 0 Å². The molecular weight excluding hydrogens is 494 g/mol. The van der Waals surface area contributed by atoms with E-state index in [4.69, 9.17) is 34.7 Å². The number of pyridine rings is 1. The van der Waals surface area contributed by atoms with Crippen LogP contribution in [0.15, 0.2) is 29.7 Å². The number of primary amides is 1. The molecule has 1 aliphatic rings. The van der Waals surface area contributed by atoms with Crippen molar-refractivity contribution in [2.24, 2.45) is 5.73 Å². The van der Waals surface area contributed by atoms with Gasteiger partial charge >= 0.3 is 6.18 Å². The molecule has 0 aromatic carbocycles. The summed E-state index contributed by atoms with van der Waals surface area (Å²) in [6.45, 7) is 1.57. The fourth-order valence-electron chi connectivity index (χ4n) is 2.75. The van der Waals surface area contributed by atoms with Crippen molar-refractivity contribution in [2.75, 3.05) is 10.6 Å². The van der Waals surface area contributed by atoms with Crippen LogP contribution in [0.4, 0.5) is 24.8 Å². The summed E-state index contributed by atoms with van der Waals surface area (Å²) in [5.74, 6) is -1.75. The first-order chi connectivity index (χ1) is 14.9. The first-order valence-corrected chi connectivity index (χ1v) is 10.3. The van der Waals surface area contributed by atoms with E-state index in [2.05, 4.69) is 20.3 Å². The predicted octanol–water partition coefficient (Wildman–Crippen LogP) is 2.80. The van der Waals surface area contributed by atoms with Gasteiger partial charge in [-0.25, -0.2) is 15.0 Å². The summed E-state index contributed by atoms with van der Waals surface area (Å²) >= 11 is 12.6. The number of alkyl halides is 3. The number of amides is 2. The summed E-state index contributed by atoms with van der Waals surface area (Å²) in [6, 6.07) is -0.00739. The van der Waals surface area contributed by atoms with Gasteiger partial charge in [-0.1, -0.05) is 35.0 Å². The van der Waals surface area contributed by atoms with Crippen molar-refractivity contribution in [1.82, 2.24) is 20.3 Å². The van der Waals surface area contributed by atoms with Crippen LogP contribution in [-0.2, 0) is 11.0 Å². The van der Waals surface area contributed by atoms with Crippen LogP contribution in [-0.4, -0.2) is 38.2 Å². The van der Waals surface area contributed by atoms with Gasteiger partial charge in [-0.05, 0) is 13.0 Å². The van der Waals surface area contributed by atoms with Gasteiger partial charge in [0, 0.05) is 12.4 Å². The topological polar surface area (TPSA) is 140 Å². The molecule has 2 amide bonds.